The van der Waals surface area contributed by atoms with Gasteiger partial charge in [-0.1, -0.05) is 34.8 Å². The number of carboxylic acid groups (broad SMARTS) is 1. The molecular weight excluding hydrogens is 311 g/mol. The number of hydrogen-bond donors (Lipinski definition) is 2. The molecule has 0 amide bonds. The fraction of sp³-hybridized carbons (Fsp3) is 0. The molecule has 0 radical (unpaired) electrons. The number of carbonyl (C=O) groups is 1. The minimum Gasteiger partial charge on any atom is -0.477 e. The Hall–Kier alpha value is -1.49. The number of aromatic carboxylic acids is 1. The van der Waals surface area contributed by atoms with Crippen LogP contribution < -0.4 is 5.73 Å². The molecule has 7 heteroatoms. The average Bonchev–Trinajstić information content (AvgIpc) is 2.34. The summed E-state index contributed by atoms with van der Waals surface area (Å²) in [6, 6.07) is 5.91. The normalized spacial score (nSPS) is 10.5. The third-order valence-corrected chi connectivity index (χ3v) is 3.48. The number of aromatic nitrogens is 1. The first kappa shape index (κ1) is 13.9. The quantitative estimate of drug-likeness (QED) is 0.821. The van der Waals surface area contributed by atoms with Gasteiger partial charge in [0.2, 0.25) is 0 Å². The van der Waals surface area contributed by atoms with E-state index in [1.54, 1.807) is 6.07 Å². The number of anilines is 1. The standard InChI is InChI=1S/C12H7Cl3N2O2/c13-7-4-9(15)8(14)3-6(7)5-1-2-10(12(18)19)17-11(5)16/h1-4H,(H2,16,17)(H,18,19). The van der Waals surface area contributed by atoms with Gasteiger partial charge in [-0.3, -0.25) is 0 Å². The Balaban J connectivity index is 2.59. The van der Waals surface area contributed by atoms with Crippen LogP contribution >= 0.6 is 34.8 Å². The number of nitrogens with zero attached hydrogens (tertiary/aromatic N) is 1. The Bertz CT molecular complexity index is 674. The van der Waals surface area contributed by atoms with Crippen molar-refractivity contribution in [1.82, 2.24) is 4.98 Å². The lowest BCUT2D eigenvalue weighted by Crippen LogP contribution is -2.04. The van der Waals surface area contributed by atoms with Gasteiger partial charge < -0.3 is 10.8 Å². The third-order valence-electron chi connectivity index (χ3n) is 2.44. The maximum absolute atomic E-state index is 10.8. The highest BCUT2D eigenvalue weighted by atomic mass is 35.5. The summed E-state index contributed by atoms with van der Waals surface area (Å²) < 4.78 is 0. The number of carboxylic acids is 1. The van der Waals surface area contributed by atoms with Crippen LogP contribution in [0.2, 0.25) is 15.1 Å². The minimum atomic E-state index is -1.15. The molecule has 0 saturated carbocycles. The van der Waals surface area contributed by atoms with E-state index in [1.807, 2.05) is 0 Å². The Morgan fingerprint density at radius 3 is 2.26 bits per heavy atom. The summed E-state index contributed by atoms with van der Waals surface area (Å²) in [7, 11) is 0. The lowest BCUT2D eigenvalue weighted by atomic mass is 10.1. The maximum atomic E-state index is 10.8. The first-order valence-corrected chi connectivity index (χ1v) is 6.18. The Morgan fingerprint density at radius 2 is 1.68 bits per heavy atom. The van der Waals surface area contributed by atoms with E-state index in [1.165, 1.54) is 18.2 Å². The summed E-state index contributed by atoms with van der Waals surface area (Å²) in [6.07, 6.45) is 0. The average molecular weight is 318 g/mol. The van der Waals surface area contributed by atoms with Crippen molar-refractivity contribution in [1.29, 1.82) is 0 Å². The van der Waals surface area contributed by atoms with E-state index in [0.29, 0.717) is 26.2 Å². The molecule has 3 N–H and O–H groups in total. The number of nitrogen functional groups attached to an aromatic ring is 1. The number of halogens is 3. The van der Waals surface area contributed by atoms with Crippen molar-refractivity contribution in [3.63, 3.8) is 0 Å². The van der Waals surface area contributed by atoms with Crippen LogP contribution in [0.25, 0.3) is 11.1 Å². The summed E-state index contributed by atoms with van der Waals surface area (Å²) in [6.45, 7) is 0. The lowest BCUT2D eigenvalue weighted by Gasteiger charge is -2.09. The minimum absolute atomic E-state index is 0.0557. The fourth-order valence-electron chi connectivity index (χ4n) is 1.55. The molecule has 0 saturated heterocycles. The van der Waals surface area contributed by atoms with Gasteiger partial charge in [0.15, 0.2) is 5.69 Å². The van der Waals surface area contributed by atoms with Gasteiger partial charge in [-0.2, -0.15) is 0 Å². The molecule has 19 heavy (non-hydrogen) atoms. The second kappa shape index (κ2) is 5.25. The second-order valence-corrected chi connectivity index (χ2v) is 4.90. The summed E-state index contributed by atoms with van der Waals surface area (Å²) in [4.78, 5) is 14.6. The molecule has 0 fully saturated rings. The van der Waals surface area contributed by atoms with Crippen LogP contribution in [0.1, 0.15) is 10.5 Å². The van der Waals surface area contributed by atoms with Crippen molar-refractivity contribution in [2.45, 2.75) is 0 Å². The SMILES string of the molecule is Nc1nc(C(=O)O)ccc1-c1cc(Cl)c(Cl)cc1Cl. The molecule has 0 atom stereocenters. The van der Waals surface area contributed by atoms with Crippen LogP contribution in [0.5, 0.6) is 0 Å². The topological polar surface area (TPSA) is 76.2 Å². The van der Waals surface area contributed by atoms with Gasteiger partial charge in [-0.05, 0) is 24.3 Å². The zero-order valence-electron chi connectivity index (χ0n) is 9.32. The molecule has 0 bridgehead atoms. The van der Waals surface area contributed by atoms with Gasteiger partial charge in [0.1, 0.15) is 5.82 Å². The number of rotatable bonds is 2. The molecule has 1 aromatic carbocycles. The van der Waals surface area contributed by atoms with Crippen molar-refractivity contribution >= 4 is 46.6 Å². The van der Waals surface area contributed by atoms with Gasteiger partial charge in [0.05, 0.1) is 15.1 Å². The van der Waals surface area contributed by atoms with Crippen LogP contribution in [0.15, 0.2) is 24.3 Å². The van der Waals surface area contributed by atoms with Crippen LogP contribution in [-0.2, 0) is 0 Å². The number of benzene rings is 1. The molecule has 0 unspecified atom stereocenters. The third kappa shape index (κ3) is 2.76. The van der Waals surface area contributed by atoms with Gasteiger partial charge in [0, 0.05) is 11.1 Å². The summed E-state index contributed by atoms with van der Waals surface area (Å²) in [5.74, 6) is -1.10. The van der Waals surface area contributed by atoms with Crippen LogP contribution in [-0.4, -0.2) is 16.1 Å². The van der Waals surface area contributed by atoms with Crippen molar-refractivity contribution in [3.05, 3.63) is 45.0 Å². The first-order chi connectivity index (χ1) is 8.90. The fourth-order valence-corrected chi connectivity index (χ4v) is 2.20. The molecular formula is C12H7Cl3N2O2. The van der Waals surface area contributed by atoms with E-state index in [0.717, 1.165) is 0 Å². The van der Waals surface area contributed by atoms with Crippen molar-refractivity contribution in [2.75, 3.05) is 5.73 Å². The Morgan fingerprint density at radius 1 is 1.05 bits per heavy atom. The summed E-state index contributed by atoms with van der Waals surface area (Å²) in [5, 5.41) is 9.82. The van der Waals surface area contributed by atoms with E-state index in [4.69, 9.17) is 45.6 Å². The first-order valence-electron chi connectivity index (χ1n) is 5.05. The summed E-state index contributed by atoms with van der Waals surface area (Å²) in [5.41, 5.74) is 6.63. The molecule has 98 valence electrons. The smallest absolute Gasteiger partial charge is 0.354 e. The van der Waals surface area contributed by atoms with Crippen LogP contribution in [0.4, 0.5) is 5.82 Å². The van der Waals surface area contributed by atoms with Crippen molar-refractivity contribution in [2.24, 2.45) is 0 Å². The van der Waals surface area contributed by atoms with Crippen molar-refractivity contribution in [3.8, 4) is 11.1 Å². The van der Waals surface area contributed by atoms with Crippen LogP contribution in [0, 0.1) is 0 Å². The molecule has 1 aromatic heterocycles. The summed E-state index contributed by atoms with van der Waals surface area (Å²) >= 11 is 17.8. The monoisotopic (exact) mass is 316 g/mol. The Kier molecular flexibility index (Phi) is 3.85. The van der Waals surface area contributed by atoms with E-state index in [2.05, 4.69) is 4.98 Å². The zero-order valence-corrected chi connectivity index (χ0v) is 11.6. The van der Waals surface area contributed by atoms with Crippen molar-refractivity contribution < 1.29 is 9.90 Å². The largest absolute Gasteiger partial charge is 0.477 e. The van der Waals surface area contributed by atoms with E-state index in [9.17, 15) is 4.79 Å². The lowest BCUT2D eigenvalue weighted by molar-refractivity contribution is 0.0690. The van der Waals surface area contributed by atoms with Gasteiger partial charge in [-0.25, -0.2) is 9.78 Å². The van der Waals surface area contributed by atoms with Gasteiger partial charge in [-0.15, -0.1) is 0 Å². The molecule has 2 aromatic rings. The van der Waals surface area contributed by atoms with E-state index < -0.39 is 5.97 Å². The molecule has 0 spiro atoms. The Labute approximate surface area is 123 Å². The molecule has 0 aliphatic rings. The predicted octanol–water partition coefficient (Wildman–Crippen LogP) is 3.99. The van der Waals surface area contributed by atoms with Crippen LogP contribution in [0.3, 0.4) is 0 Å². The number of pyridine rings is 1. The highest BCUT2D eigenvalue weighted by Gasteiger charge is 2.13. The van der Waals surface area contributed by atoms with Gasteiger partial charge in [0.25, 0.3) is 0 Å². The number of hydrogen-bond acceptors (Lipinski definition) is 3. The molecule has 2 rings (SSSR count). The maximum Gasteiger partial charge on any atom is 0.354 e. The predicted molar refractivity (Wildman–Crippen MR) is 76.1 cm³/mol. The molecule has 0 aliphatic heterocycles. The molecule has 1 heterocycles. The highest BCUT2D eigenvalue weighted by molar-refractivity contribution is 6.44. The second-order valence-electron chi connectivity index (χ2n) is 3.68. The molecule has 0 aliphatic carbocycles. The van der Waals surface area contributed by atoms with E-state index in [-0.39, 0.29) is 11.5 Å². The number of nitrogens with two attached hydrogens (primary N) is 1. The zero-order chi connectivity index (χ0) is 14.2. The highest BCUT2D eigenvalue weighted by Crippen LogP contribution is 2.37. The van der Waals surface area contributed by atoms with Gasteiger partial charge >= 0.3 is 5.97 Å². The van der Waals surface area contributed by atoms with E-state index >= 15 is 0 Å². The molecule has 4 nitrogen and oxygen atoms in total.